The number of nitrogens with two attached hydrogens (primary N) is 2. The van der Waals surface area contributed by atoms with Crippen LogP contribution < -0.4 is 21.5 Å². The minimum Gasteiger partial charge on any atom is -0.492 e. The van der Waals surface area contributed by atoms with Crippen LogP contribution in [-0.2, 0) is 0 Å². The van der Waals surface area contributed by atoms with Gasteiger partial charge in [-0.15, -0.1) is 0 Å². The number of amides is 1. The number of hydrogen-bond donors (Lipinski definition) is 3. The minimum atomic E-state index is -0.514. The Morgan fingerprint density at radius 3 is 2.70 bits per heavy atom. The van der Waals surface area contributed by atoms with Gasteiger partial charge >= 0.3 is 0 Å². The summed E-state index contributed by atoms with van der Waals surface area (Å²) in [5.41, 5.74) is 11.9. The van der Waals surface area contributed by atoms with Crippen LogP contribution in [0.25, 0.3) is 0 Å². The Bertz CT molecular complexity index is 584. The van der Waals surface area contributed by atoms with E-state index >= 15 is 0 Å². The average Bonchev–Trinajstić information content (AvgIpc) is 2.46. The number of anilines is 2. The molecule has 6 nitrogen and oxygen atoms in total. The van der Waals surface area contributed by atoms with E-state index in [1.165, 1.54) is 0 Å². The lowest BCUT2D eigenvalue weighted by Crippen LogP contribution is -2.18. The van der Waals surface area contributed by atoms with Crippen LogP contribution in [-0.4, -0.2) is 24.0 Å². The largest absolute Gasteiger partial charge is 0.492 e. The minimum absolute atomic E-state index is 0.361. The van der Waals surface area contributed by atoms with Crippen LogP contribution in [0.3, 0.4) is 0 Å². The maximum Gasteiger partial charge on any atom is 0.252 e. The zero-order valence-corrected chi connectivity index (χ0v) is 10.9. The Balaban J connectivity index is 1.84. The van der Waals surface area contributed by atoms with Crippen molar-refractivity contribution in [2.75, 3.05) is 24.2 Å². The van der Waals surface area contributed by atoms with Gasteiger partial charge in [0.1, 0.15) is 18.2 Å². The van der Waals surface area contributed by atoms with Gasteiger partial charge in [0.25, 0.3) is 5.91 Å². The molecule has 1 heterocycles. The van der Waals surface area contributed by atoms with Gasteiger partial charge in [-0.25, -0.2) is 4.98 Å². The Labute approximate surface area is 116 Å². The molecule has 0 aliphatic rings. The van der Waals surface area contributed by atoms with Gasteiger partial charge in [0, 0.05) is 11.9 Å². The number of carbonyl (C=O) groups is 1. The molecule has 0 saturated carbocycles. The third-order valence-corrected chi connectivity index (χ3v) is 2.62. The number of nitrogens with one attached hydrogen (secondary N) is 1. The molecule has 1 amide bonds. The molecule has 6 heteroatoms. The second kappa shape index (κ2) is 6.42. The van der Waals surface area contributed by atoms with Crippen molar-refractivity contribution >= 4 is 17.4 Å². The molecule has 104 valence electrons. The first-order valence-corrected chi connectivity index (χ1v) is 6.14. The third-order valence-electron chi connectivity index (χ3n) is 2.62. The van der Waals surface area contributed by atoms with Crippen molar-refractivity contribution in [1.29, 1.82) is 0 Å². The highest BCUT2D eigenvalue weighted by molar-refractivity contribution is 5.97. The SMILES string of the molecule is NC(=O)c1cccnc1NCCOc1ccc(N)cc1. The summed E-state index contributed by atoms with van der Waals surface area (Å²) >= 11 is 0. The quantitative estimate of drug-likeness (QED) is 0.542. The Morgan fingerprint density at radius 2 is 2.00 bits per heavy atom. The van der Waals surface area contributed by atoms with E-state index in [4.69, 9.17) is 16.2 Å². The molecule has 0 bridgehead atoms. The van der Waals surface area contributed by atoms with Gasteiger partial charge in [-0.2, -0.15) is 0 Å². The second-order valence-corrected chi connectivity index (χ2v) is 4.11. The number of rotatable bonds is 6. The maximum atomic E-state index is 11.2. The summed E-state index contributed by atoms with van der Waals surface area (Å²) in [7, 11) is 0. The van der Waals surface area contributed by atoms with Gasteiger partial charge in [-0.1, -0.05) is 0 Å². The number of hydrogen-bond acceptors (Lipinski definition) is 5. The molecule has 5 N–H and O–H groups in total. The average molecular weight is 272 g/mol. The molecule has 0 saturated heterocycles. The molecule has 0 unspecified atom stereocenters. The van der Waals surface area contributed by atoms with E-state index in [1.807, 2.05) is 0 Å². The van der Waals surface area contributed by atoms with Crippen molar-refractivity contribution in [2.45, 2.75) is 0 Å². The molecule has 2 aromatic rings. The number of nitrogen functional groups attached to an aromatic ring is 1. The molecule has 0 aliphatic carbocycles. The van der Waals surface area contributed by atoms with Gasteiger partial charge in [-0.3, -0.25) is 4.79 Å². The summed E-state index contributed by atoms with van der Waals surface area (Å²) in [5, 5.41) is 3.01. The van der Waals surface area contributed by atoms with Crippen LogP contribution in [0, 0.1) is 0 Å². The molecule has 2 rings (SSSR count). The lowest BCUT2D eigenvalue weighted by molar-refractivity contribution is 0.100. The highest BCUT2D eigenvalue weighted by atomic mass is 16.5. The van der Waals surface area contributed by atoms with Crippen molar-refractivity contribution in [3.63, 3.8) is 0 Å². The van der Waals surface area contributed by atoms with Gasteiger partial charge in [0.2, 0.25) is 0 Å². The molecule has 0 spiro atoms. The highest BCUT2D eigenvalue weighted by Gasteiger charge is 2.07. The van der Waals surface area contributed by atoms with E-state index in [-0.39, 0.29) is 0 Å². The normalized spacial score (nSPS) is 10.0. The van der Waals surface area contributed by atoms with Crippen LogP contribution in [0.2, 0.25) is 0 Å². The van der Waals surface area contributed by atoms with Crippen molar-refractivity contribution < 1.29 is 9.53 Å². The molecule has 20 heavy (non-hydrogen) atoms. The van der Waals surface area contributed by atoms with E-state index < -0.39 is 5.91 Å². The summed E-state index contributed by atoms with van der Waals surface area (Å²) in [4.78, 5) is 15.3. The summed E-state index contributed by atoms with van der Waals surface area (Å²) in [6.45, 7) is 0.931. The van der Waals surface area contributed by atoms with E-state index in [2.05, 4.69) is 10.3 Å². The number of ether oxygens (including phenoxy) is 1. The summed E-state index contributed by atoms with van der Waals surface area (Å²) < 4.78 is 5.52. The topological polar surface area (TPSA) is 103 Å². The molecule has 0 radical (unpaired) electrons. The summed E-state index contributed by atoms with van der Waals surface area (Å²) in [6.07, 6.45) is 1.59. The number of aromatic nitrogens is 1. The standard InChI is InChI=1S/C14H16N4O2/c15-10-3-5-11(6-4-10)20-9-8-18-14-12(13(16)19)2-1-7-17-14/h1-7H,8-9,15H2,(H2,16,19)(H,17,18). The maximum absolute atomic E-state index is 11.2. The highest BCUT2D eigenvalue weighted by Crippen LogP contribution is 2.13. The number of primary amides is 1. The van der Waals surface area contributed by atoms with E-state index in [0.717, 1.165) is 5.75 Å². The van der Waals surface area contributed by atoms with Crippen LogP contribution in [0.5, 0.6) is 5.75 Å². The van der Waals surface area contributed by atoms with E-state index in [9.17, 15) is 4.79 Å². The second-order valence-electron chi connectivity index (χ2n) is 4.11. The smallest absolute Gasteiger partial charge is 0.252 e. The first-order valence-electron chi connectivity index (χ1n) is 6.14. The van der Waals surface area contributed by atoms with Crippen molar-refractivity contribution in [3.05, 3.63) is 48.2 Å². The number of pyridine rings is 1. The first kappa shape index (κ1) is 13.7. The van der Waals surface area contributed by atoms with Gasteiger partial charge < -0.3 is 21.5 Å². The van der Waals surface area contributed by atoms with Crippen LogP contribution in [0.1, 0.15) is 10.4 Å². The van der Waals surface area contributed by atoms with Crippen LogP contribution in [0.15, 0.2) is 42.6 Å². The van der Waals surface area contributed by atoms with Crippen molar-refractivity contribution in [1.82, 2.24) is 4.98 Å². The summed E-state index contributed by atoms with van der Waals surface area (Å²) in [5.74, 6) is 0.679. The number of carbonyl (C=O) groups excluding carboxylic acids is 1. The predicted molar refractivity (Wildman–Crippen MR) is 77.6 cm³/mol. The molecule has 0 fully saturated rings. The third kappa shape index (κ3) is 3.61. The van der Waals surface area contributed by atoms with Crippen LogP contribution >= 0.6 is 0 Å². The monoisotopic (exact) mass is 272 g/mol. The van der Waals surface area contributed by atoms with Gasteiger partial charge in [-0.05, 0) is 36.4 Å². The number of nitrogens with zero attached hydrogens (tertiary/aromatic N) is 1. The predicted octanol–water partition coefficient (Wildman–Crippen LogP) is 1.25. The summed E-state index contributed by atoms with van der Waals surface area (Å²) in [6, 6.07) is 10.4. The first-order chi connectivity index (χ1) is 9.66. The zero-order valence-electron chi connectivity index (χ0n) is 10.9. The lowest BCUT2D eigenvalue weighted by atomic mass is 10.2. The molecule has 0 atom stereocenters. The molecular formula is C14H16N4O2. The Hall–Kier alpha value is -2.76. The Kier molecular flexibility index (Phi) is 4.39. The van der Waals surface area contributed by atoms with Gasteiger partial charge in [0.15, 0.2) is 0 Å². The lowest BCUT2D eigenvalue weighted by Gasteiger charge is -2.10. The fraction of sp³-hybridized carbons (Fsp3) is 0.143. The zero-order chi connectivity index (χ0) is 14.4. The molecular weight excluding hydrogens is 256 g/mol. The Morgan fingerprint density at radius 1 is 1.25 bits per heavy atom. The fourth-order valence-electron chi connectivity index (χ4n) is 1.65. The van der Waals surface area contributed by atoms with Gasteiger partial charge in [0.05, 0.1) is 12.1 Å². The van der Waals surface area contributed by atoms with Crippen molar-refractivity contribution in [3.8, 4) is 5.75 Å². The molecule has 1 aromatic heterocycles. The fourth-order valence-corrected chi connectivity index (χ4v) is 1.65. The van der Waals surface area contributed by atoms with E-state index in [1.54, 1.807) is 42.6 Å². The van der Waals surface area contributed by atoms with Crippen molar-refractivity contribution in [2.24, 2.45) is 5.73 Å². The van der Waals surface area contributed by atoms with Crippen LogP contribution in [0.4, 0.5) is 11.5 Å². The molecule has 0 aliphatic heterocycles. The number of benzene rings is 1. The van der Waals surface area contributed by atoms with E-state index in [0.29, 0.717) is 30.2 Å². The molecule has 1 aromatic carbocycles.